The van der Waals surface area contributed by atoms with Crippen molar-refractivity contribution in [2.45, 2.75) is 51.5 Å². The van der Waals surface area contributed by atoms with Crippen LogP contribution in [0.3, 0.4) is 0 Å². The van der Waals surface area contributed by atoms with E-state index in [2.05, 4.69) is 18.9 Å². The first-order chi connectivity index (χ1) is 7.15. The van der Waals surface area contributed by atoms with Crippen molar-refractivity contribution in [3.63, 3.8) is 0 Å². The Kier molecular flexibility index (Phi) is 5.09. The third-order valence-corrected chi connectivity index (χ3v) is 3.61. The van der Waals surface area contributed by atoms with E-state index < -0.39 is 5.97 Å². The fraction of sp³-hybridized carbons (Fsp3) is 0.917. The number of carbonyl (C=O) groups is 1. The van der Waals surface area contributed by atoms with Crippen LogP contribution in [0, 0.1) is 5.92 Å². The maximum absolute atomic E-state index is 10.4. The molecule has 3 nitrogen and oxygen atoms in total. The van der Waals surface area contributed by atoms with Crippen LogP contribution in [0.1, 0.15) is 45.4 Å². The number of rotatable bonds is 6. The molecule has 0 aromatic rings. The van der Waals surface area contributed by atoms with Crippen molar-refractivity contribution in [3.05, 3.63) is 0 Å². The van der Waals surface area contributed by atoms with Crippen molar-refractivity contribution in [3.8, 4) is 0 Å². The molecule has 1 aliphatic carbocycles. The minimum atomic E-state index is -0.679. The molecule has 2 atom stereocenters. The molecule has 1 aliphatic rings. The molecular weight excluding hydrogens is 190 g/mol. The van der Waals surface area contributed by atoms with Crippen LogP contribution >= 0.6 is 0 Å². The minimum Gasteiger partial charge on any atom is -0.481 e. The van der Waals surface area contributed by atoms with E-state index in [0.29, 0.717) is 12.5 Å². The standard InChI is InChI=1S/C12H23NO2/c1-3-10-6-4-7-11(10)13(2)9-5-8-12(14)15/h10-11H,3-9H2,1-2H3,(H,14,15). The summed E-state index contributed by atoms with van der Waals surface area (Å²) in [4.78, 5) is 12.8. The maximum atomic E-state index is 10.4. The Morgan fingerprint density at radius 2 is 2.20 bits per heavy atom. The van der Waals surface area contributed by atoms with Crippen LogP contribution in [0.5, 0.6) is 0 Å². The zero-order valence-electron chi connectivity index (χ0n) is 9.91. The SMILES string of the molecule is CCC1CCCC1N(C)CCCC(=O)O. The Morgan fingerprint density at radius 1 is 1.47 bits per heavy atom. The van der Waals surface area contributed by atoms with Gasteiger partial charge in [-0.05, 0) is 38.8 Å². The molecule has 0 bridgehead atoms. The average Bonchev–Trinajstić information content (AvgIpc) is 2.64. The molecule has 0 aliphatic heterocycles. The van der Waals surface area contributed by atoms with Gasteiger partial charge >= 0.3 is 5.97 Å². The topological polar surface area (TPSA) is 40.5 Å². The maximum Gasteiger partial charge on any atom is 0.303 e. The minimum absolute atomic E-state index is 0.299. The van der Waals surface area contributed by atoms with Crippen LogP contribution in [0.4, 0.5) is 0 Å². The van der Waals surface area contributed by atoms with Crippen molar-refractivity contribution >= 4 is 5.97 Å². The third-order valence-electron chi connectivity index (χ3n) is 3.61. The first kappa shape index (κ1) is 12.5. The van der Waals surface area contributed by atoms with Crippen LogP contribution in [-0.4, -0.2) is 35.6 Å². The summed E-state index contributed by atoms with van der Waals surface area (Å²) in [6.07, 6.45) is 6.32. The highest BCUT2D eigenvalue weighted by Crippen LogP contribution is 2.31. The number of carboxylic acid groups (broad SMARTS) is 1. The third kappa shape index (κ3) is 3.82. The van der Waals surface area contributed by atoms with Gasteiger partial charge in [0.25, 0.3) is 0 Å². The number of aliphatic carboxylic acids is 1. The summed E-state index contributed by atoms with van der Waals surface area (Å²) in [5.41, 5.74) is 0. The zero-order chi connectivity index (χ0) is 11.3. The molecule has 0 saturated heterocycles. The normalized spacial score (nSPS) is 26.1. The Labute approximate surface area is 92.5 Å². The van der Waals surface area contributed by atoms with Crippen molar-refractivity contribution in [1.29, 1.82) is 0 Å². The van der Waals surface area contributed by atoms with E-state index >= 15 is 0 Å². The molecule has 1 saturated carbocycles. The highest BCUT2D eigenvalue weighted by atomic mass is 16.4. The summed E-state index contributed by atoms with van der Waals surface area (Å²) in [7, 11) is 2.14. The van der Waals surface area contributed by atoms with Gasteiger partial charge in [0.2, 0.25) is 0 Å². The quantitative estimate of drug-likeness (QED) is 0.736. The zero-order valence-corrected chi connectivity index (χ0v) is 9.91. The van der Waals surface area contributed by atoms with Crippen LogP contribution in [0.25, 0.3) is 0 Å². The van der Waals surface area contributed by atoms with Crippen molar-refractivity contribution in [1.82, 2.24) is 4.90 Å². The largest absolute Gasteiger partial charge is 0.481 e. The van der Waals surface area contributed by atoms with E-state index in [0.717, 1.165) is 18.9 Å². The lowest BCUT2D eigenvalue weighted by molar-refractivity contribution is -0.137. The van der Waals surface area contributed by atoms with E-state index in [4.69, 9.17) is 5.11 Å². The van der Waals surface area contributed by atoms with E-state index in [1.54, 1.807) is 0 Å². The molecular formula is C12H23NO2. The van der Waals surface area contributed by atoms with Gasteiger partial charge in [-0.25, -0.2) is 0 Å². The fourth-order valence-corrected chi connectivity index (χ4v) is 2.72. The van der Waals surface area contributed by atoms with Gasteiger partial charge in [0, 0.05) is 12.5 Å². The summed E-state index contributed by atoms with van der Waals surface area (Å²) in [5.74, 6) is 0.154. The Morgan fingerprint density at radius 3 is 2.80 bits per heavy atom. The van der Waals surface area contributed by atoms with E-state index in [-0.39, 0.29) is 0 Å². The second-order valence-electron chi connectivity index (χ2n) is 4.64. The highest BCUT2D eigenvalue weighted by molar-refractivity contribution is 5.66. The number of nitrogens with zero attached hydrogens (tertiary/aromatic N) is 1. The molecule has 0 amide bonds. The van der Waals surface area contributed by atoms with Gasteiger partial charge in [-0.3, -0.25) is 4.79 Å². The molecule has 0 spiro atoms. The Hall–Kier alpha value is -0.570. The fourth-order valence-electron chi connectivity index (χ4n) is 2.72. The highest BCUT2D eigenvalue weighted by Gasteiger charge is 2.28. The summed E-state index contributed by atoms with van der Waals surface area (Å²) >= 11 is 0. The Balaban J connectivity index is 2.26. The van der Waals surface area contributed by atoms with Crippen molar-refractivity contribution in [2.24, 2.45) is 5.92 Å². The van der Waals surface area contributed by atoms with Crippen molar-refractivity contribution < 1.29 is 9.90 Å². The van der Waals surface area contributed by atoms with Crippen molar-refractivity contribution in [2.75, 3.05) is 13.6 Å². The Bertz CT molecular complexity index is 206. The average molecular weight is 213 g/mol. The van der Waals surface area contributed by atoms with Crippen LogP contribution in [0.15, 0.2) is 0 Å². The van der Waals surface area contributed by atoms with Gasteiger partial charge in [0.1, 0.15) is 0 Å². The molecule has 0 heterocycles. The monoisotopic (exact) mass is 213 g/mol. The number of hydrogen-bond donors (Lipinski definition) is 1. The molecule has 88 valence electrons. The van der Waals surface area contributed by atoms with Gasteiger partial charge in [-0.15, -0.1) is 0 Å². The first-order valence-corrected chi connectivity index (χ1v) is 6.07. The molecule has 1 fully saturated rings. The summed E-state index contributed by atoms with van der Waals surface area (Å²) in [6, 6.07) is 0.698. The molecule has 15 heavy (non-hydrogen) atoms. The summed E-state index contributed by atoms with van der Waals surface area (Å²) in [5, 5.41) is 8.57. The summed E-state index contributed by atoms with van der Waals surface area (Å²) < 4.78 is 0. The van der Waals surface area contributed by atoms with Gasteiger partial charge in [0.15, 0.2) is 0 Å². The van der Waals surface area contributed by atoms with Crippen LogP contribution in [-0.2, 0) is 4.79 Å². The molecule has 0 aromatic carbocycles. The van der Waals surface area contributed by atoms with Gasteiger partial charge in [-0.1, -0.05) is 19.8 Å². The second-order valence-corrected chi connectivity index (χ2v) is 4.64. The molecule has 2 unspecified atom stereocenters. The number of hydrogen-bond acceptors (Lipinski definition) is 2. The molecule has 0 aromatic heterocycles. The van der Waals surface area contributed by atoms with E-state index in [9.17, 15) is 4.79 Å². The summed E-state index contributed by atoms with van der Waals surface area (Å²) in [6.45, 7) is 3.18. The van der Waals surface area contributed by atoms with Gasteiger partial charge in [-0.2, -0.15) is 0 Å². The predicted molar refractivity (Wildman–Crippen MR) is 60.9 cm³/mol. The molecule has 0 radical (unpaired) electrons. The van der Waals surface area contributed by atoms with Crippen LogP contribution < -0.4 is 0 Å². The van der Waals surface area contributed by atoms with E-state index in [1.165, 1.54) is 25.7 Å². The molecule has 1 N–H and O–H groups in total. The lowest BCUT2D eigenvalue weighted by atomic mass is 9.99. The predicted octanol–water partition coefficient (Wildman–Crippen LogP) is 2.36. The van der Waals surface area contributed by atoms with E-state index in [1.807, 2.05) is 0 Å². The smallest absolute Gasteiger partial charge is 0.303 e. The van der Waals surface area contributed by atoms with Gasteiger partial charge < -0.3 is 10.0 Å². The number of carboxylic acids is 1. The van der Waals surface area contributed by atoms with Crippen LogP contribution in [0.2, 0.25) is 0 Å². The molecule has 3 heteroatoms. The second kappa shape index (κ2) is 6.11. The lowest BCUT2D eigenvalue weighted by Crippen LogP contribution is -2.35. The first-order valence-electron chi connectivity index (χ1n) is 6.07. The molecule has 1 rings (SSSR count). The van der Waals surface area contributed by atoms with Gasteiger partial charge in [0.05, 0.1) is 0 Å². The lowest BCUT2D eigenvalue weighted by Gasteiger charge is -2.29.